The van der Waals surface area contributed by atoms with Gasteiger partial charge in [0.05, 0.1) is 27.8 Å². The predicted molar refractivity (Wildman–Crippen MR) is 218 cm³/mol. The molecule has 5 heterocycles. The van der Waals surface area contributed by atoms with E-state index in [1.807, 2.05) is 16.9 Å². The fourth-order valence-electron chi connectivity index (χ4n) is 10.0. The molecule has 0 radical (unpaired) electrons. The number of benzene rings is 2. The Hall–Kier alpha value is -5.30. The van der Waals surface area contributed by atoms with Crippen LogP contribution in [0.1, 0.15) is 96.2 Å². The van der Waals surface area contributed by atoms with Gasteiger partial charge in [0.1, 0.15) is 29.7 Å². The second kappa shape index (κ2) is 15.7. The Morgan fingerprint density at radius 2 is 1.58 bits per heavy atom. The summed E-state index contributed by atoms with van der Waals surface area (Å²) in [5.41, 5.74) is 1.50. The van der Waals surface area contributed by atoms with Gasteiger partial charge in [0.15, 0.2) is 0 Å². The van der Waals surface area contributed by atoms with Gasteiger partial charge in [-0.2, -0.15) is 10.4 Å². The number of hydrogen-bond acceptors (Lipinski definition) is 11. The lowest BCUT2D eigenvalue weighted by Gasteiger charge is -2.63. The van der Waals surface area contributed by atoms with Crippen molar-refractivity contribution in [3.05, 3.63) is 76.1 Å². The molecule has 1 atom stereocenters. The number of rotatable bonds is 10. The highest BCUT2D eigenvalue weighted by Gasteiger charge is 2.64. The first kappa shape index (κ1) is 40.5. The summed E-state index contributed by atoms with van der Waals surface area (Å²) in [6.07, 6.45) is 3.82. The molecular formula is C43H50ClN9O6. The number of imide groups is 2. The molecule has 1 aliphatic carbocycles. The Labute approximate surface area is 348 Å². The van der Waals surface area contributed by atoms with Gasteiger partial charge in [-0.3, -0.25) is 43.8 Å². The Kier molecular flexibility index (Phi) is 10.8. The monoisotopic (exact) mass is 823 g/mol. The summed E-state index contributed by atoms with van der Waals surface area (Å²) in [5.74, 6) is -1.61. The highest BCUT2D eigenvalue weighted by Crippen LogP contribution is 2.55. The zero-order valence-corrected chi connectivity index (χ0v) is 34.6. The summed E-state index contributed by atoms with van der Waals surface area (Å²) >= 11 is 6.25. The minimum atomic E-state index is -0.978. The number of carbonyl (C=O) groups is 5. The number of ether oxygens (including phenoxy) is 1. The third-order valence-corrected chi connectivity index (χ3v) is 13.4. The lowest BCUT2D eigenvalue weighted by molar-refractivity contribution is -0.164. The minimum absolute atomic E-state index is 0.0876. The summed E-state index contributed by atoms with van der Waals surface area (Å²) in [7, 11) is 0. The lowest BCUT2D eigenvalue weighted by Crippen LogP contribution is -2.74. The summed E-state index contributed by atoms with van der Waals surface area (Å²) in [6, 6.07) is 13.3. The average molecular weight is 824 g/mol. The fraction of sp³-hybridized carbons (Fsp3) is 0.512. The van der Waals surface area contributed by atoms with E-state index in [0.717, 1.165) is 75.8 Å². The topological polar surface area (TPSA) is 173 Å². The van der Waals surface area contributed by atoms with E-state index in [2.05, 4.69) is 59.1 Å². The molecule has 2 N–H and O–H groups in total. The number of carbonyl (C=O) groups excluding carboxylic acids is 5. The van der Waals surface area contributed by atoms with Crippen LogP contribution in [-0.4, -0.2) is 125 Å². The van der Waals surface area contributed by atoms with Crippen molar-refractivity contribution in [3.8, 4) is 11.8 Å². The van der Waals surface area contributed by atoms with Gasteiger partial charge in [-0.05, 0) is 55.7 Å². The van der Waals surface area contributed by atoms with Crippen molar-refractivity contribution in [3.63, 3.8) is 0 Å². The molecule has 0 bridgehead atoms. The quantitative estimate of drug-likeness (QED) is 0.284. The molecular weight excluding hydrogens is 774 g/mol. The van der Waals surface area contributed by atoms with E-state index in [-0.39, 0.29) is 53.3 Å². The molecule has 0 spiro atoms. The first-order valence-corrected chi connectivity index (χ1v) is 20.8. The second-order valence-corrected chi connectivity index (χ2v) is 18.0. The van der Waals surface area contributed by atoms with Crippen LogP contribution in [0.3, 0.4) is 0 Å². The van der Waals surface area contributed by atoms with Crippen molar-refractivity contribution in [2.75, 3.05) is 57.3 Å². The summed E-state index contributed by atoms with van der Waals surface area (Å²) in [5, 5.41) is 19.8. The molecule has 310 valence electrons. The molecule has 16 heteroatoms. The zero-order chi connectivity index (χ0) is 41.8. The van der Waals surface area contributed by atoms with Gasteiger partial charge in [-0.15, -0.1) is 0 Å². The van der Waals surface area contributed by atoms with Gasteiger partial charge >= 0.3 is 0 Å². The molecule has 8 rings (SSSR count). The second-order valence-electron chi connectivity index (χ2n) is 17.6. The van der Waals surface area contributed by atoms with Crippen molar-refractivity contribution >= 4 is 46.8 Å². The van der Waals surface area contributed by atoms with Gasteiger partial charge in [-0.1, -0.05) is 39.3 Å². The number of nitrogens with one attached hydrogen (secondary N) is 2. The van der Waals surface area contributed by atoms with Gasteiger partial charge in [-0.25, -0.2) is 0 Å². The number of nitriles is 1. The van der Waals surface area contributed by atoms with Gasteiger partial charge in [0.2, 0.25) is 11.8 Å². The number of halogens is 1. The summed E-state index contributed by atoms with van der Waals surface area (Å²) < 4.78 is 8.32. The molecule has 2 aromatic carbocycles. The largest absolute Gasteiger partial charge is 0.489 e. The van der Waals surface area contributed by atoms with Gasteiger partial charge in [0.25, 0.3) is 17.7 Å². The minimum Gasteiger partial charge on any atom is -0.489 e. The van der Waals surface area contributed by atoms with Crippen LogP contribution in [0.15, 0.2) is 48.7 Å². The van der Waals surface area contributed by atoms with Crippen LogP contribution < -0.4 is 20.3 Å². The number of aromatic nitrogens is 2. The SMILES string of the molecule is CC1(C)[C@H](NC(=O)c2ccn(C3CCN(CCN4CCN(c5ccc6c(c5)C(=O)N(C5CCC(=O)NC5=O)C6=O)CC4)CC3)n2)C(C)(C)[C@H]1Oc1ccc(C#N)c(Cl)c1. The molecule has 5 amide bonds. The number of piperidine rings is 2. The number of hydrogen-bond donors (Lipinski definition) is 2. The Bertz CT molecular complexity index is 2220. The van der Waals surface area contributed by atoms with Crippen molar-refractivity contribution in [1.29, 1.82) is 5.26 Å². The molecule has 1 aromatic heterocycles. The van der Waals surface area contributed by atoms with E-state index < -0.39 is 29.7 Å². The molecule has 5 aliphatic rings. The fourth-order valence-corrected chi connectivity index (χ4v) is 10.3. The van der Waals surface area contributed by atoms with Crippen LogP contribution in [0.2, 0.25) is 5.02 Å². The van der Waals surface area contributed by atoms with Gasteiger partial charge < -0.3 is 19.9 Å². The van der Waals surface area contributed by atoms with Crippen LogP contribution in [0, 0.1) is 22.2 Å². The zero-order valence-electron chi connectivity index (χ0n) is 33.9. The molecule has 4 aliphatic heterocycles. The highest BCUT2D eigenvalue weighted by atomic mass is 35.5. The Balaban J connectivity index is 0.775. The molecule has 4 fully saturated rings. The third kappa shape index (κ3) is 7.58. The summed E-state index contributed by atoms with van der Waals surface area (Å²) in [4.78, 5) is 72.2. The molecule has 3 saturated heterocycles. The number of piperazine rings is 1. The number of fused-ring (bicyclic) bond motifs is 1. The molecule has 1 unspecified atom stereocenters. The standard InChI is InChI=1S/C43H50ClN9O6/c1-42(2)40(43(3,4)41(42)59-29-7-5-26(25-45)32(44)24-29)47-36(55)33-13-16-52(48-33)27-11-14-49(15-12-27)17-18-50-19-21-51(22-20-50)28-6-8-30-31(23-28)39(58)53(38(30)57)34-9-10-35(54)46-37(34)56/h5-8,13,16,23-24,27,34,40-41H,9-12,14-15,17-22H2,1-4H3,(H,47,55)(H,46,54,56)/t34?,40-,41-. The number of amides is 5. The van der Waals surface area contributed by atoms with E-state index in [1.54, 1.807) is 36.4 Å². The molecule has 59 heavy (non-hydrogen) atoms. The van der Waals surface area contributed by atoms with Crippen molar-refractivity contribution in [2.24, 2.45) is 10.8 Å². The first-order chi connectivity index (χ1) is 28.1. The van der Waals surface area contributed by atoms with Crippen LogP contribution in [0.4, 0.5) is 5.69 Å². The normalized spacial score (nSPS) is 24.6. The van der Waals surface area contributed by atoms with Crippen LogP contribution in [-0.2, 0) is 9.59 Å². The van der Waals surface area contributed by atoms with Crippen LogP contribution >= 0.6 is 11.6 Å². The number of likely N-dealkylation sites (tertiary alicyclic amines) is 1. The van der Waals surface area contributed by atoms with Gasteiger partial charge in [0, 0.05) is 93.6 Å². The summed E-state index contributed by atoms with van der Waals surface area (Å²) in [6.45, 7) is 15.4. The Morgan fingerprint density at radius 3 is 2.24 bits per heavy atom. The smallest absolute Gasteiger partial charge is 0.272 e. The number of nitrogens with zero attached hydrogens (tertiary/aromatic N) is 7. The maximum atomic E-state index is 13.5. The van der Waals surface area contributed by atoms with E-state index >= 15 is 0 Å². The maximum absolute atomic E-state index is 13.5. The molecule has 1 saturated carbocycles. The maximum Gasteiger partial charge on any atom is 0.272 e. The first-order valence-electron chi connectivity index (χ1n) is 20.4. The molecule has 3 aromatic rings. The van der Waals surface area contributed by atoms with Crippen molar-refractivity contribution in [2.45, 2.75) is 77.6 Å². The molecule has 15 nitrogen and oxygen atoms in total. The van der Waals surface area contributed by atoms with E-state index in [9.17, 15) is 29.2 Å². The van der Waals surface area contributed by atoms with Crippen molar-refractivity contribution in [1.82, 2.24) is 35.1 Å². The third-order valence-electron chi connectivity index (χ3n) is 13.1. The van der Waals surface area contributed by atoms with E-state index in [0.29, 0.717) is 27.6 Å². The highest BCUT2D eigenvalue weighted by molar-refractivity contribution is 6.31. The van der Waals surface area contributed by atoms with Crippen molar-refractivity contribution < 1.29 is 28.7 Å². The predicted octanol–water partition coefficient (Wildman–Crippen LogP) is 3.88. The van der Waals surface area contributed by atoms with E-state index in [4.69, 9.17) is 21.4 Å². The number of anilines is 1. The van der Waals surface area contributed by atoms with Crippen LogP contribution in [0.5, 0.6) is 5.75 Å². The lowest BCUT2D eigenvalue weighted by atomic mass is 9.49. The average Bonchev–Trinajstić information content (AvgIpc) is 3.81. The van der Waals surface area contributed by atoms with E-state index in [1.165, 1.54) is 0 Å². The van der Waals surface area contributed by atoms with Crippen LogP contribution in [0.25, 0.3) is 0 Å². The Morgan fingerprint density at radius 1 is 0.898 bits per heavy atom.